The van der Waals surface area contributed by atoms with Gasteiger partial charge in [0.05, 0.1) is 6.04 Å². The van der Waals surface area contributed by atoms with Crippen molar-refractivity contribution in [2.24, 2.45) is 5.73 Å². The second-order valence-corrected chi connectivity index (χ2v) is 5.75. The first-order valence-electron chi connectivity index (χ1n) is 7.87. The van der Waals surface area contributed by atoms with Gasteiger partial charge in [-0.05, 0) is 31.5 Å². The number of carbonyl (C=O) groups is 1. The molecule has 0 aliphatic carbocycles. The van der Waals surface area contributed by atoms with Gasteiger partial charge in [-0.3, -0.25) is 9.69 Å². The van der Waals surface area contributed by atoms with E-state index in [2.05, 4.69) is 15.0 Å². The van der Waals surface area contributed by atoms with Crippen LogP contribution in [0.2, 0.25) is 0 Å². The highest BCUT2D eigenvalue weighted by molar-refractivity contribution is 5.88. The van der Waals surface area contributed by atoms with Crippen LogP contribution in [0.5, 0.6) is 5.75 Å². The van der Waals surface area contributed by atoms with Crippen molar-refractivity contribution >= 4 is 5.91 Å². The molecule has 3 rings (SSSR count). The molecule has 1 aliphatic rings. The number of ether oxygens (including phenoxy) is 1. The fraction of sp³-hybridized carbons (Fsp3) is 0.438. The van der Waals surface area contributed by atoms with E-state index in [1.54, 1.807) is 0 Å². The van der Waals surface area contributed by atoms with Crippen LogP contribution in [0.15, 0.2) is 34.9 Å². The molecular weight excluding hydrogens is 312 g/mol. The van der Waals surface area contributed by atoms with Crippen LogP contribution in [0.1, 0.15) is 35.4 Å². The number of hydrogen-bond acceptors (Lipinski definition) is 7. The normalized spacial score (nSPS) is 19.3. The zero-order chi connectivity index (χ0) is 16.9. The topological polar surface area (TPSA) is 115 Å². The molecule has 0 radical (unpaired) electrons. The quantitative estimate of drug-likeness (QED) is 0.768. The van der Waals surface area contributed by atoms with Crippen LogP contribution in [-0.2, 0) is 0 Å². The molecule has 0 saturated carbocycles. The number of amides is 1. The molecule has 1 aromatic carbocycles. The first-order chi connectivity index (χ1) is 11.6. The minimum Gasteiger partial charge on any atom is -0.491 e. The van der Waals surface area contributed by atoms with Gasteiger partial charge in [-0.2, -0.15) is 4.98 Å². The van der Waals surface area contributed by atoms with Gasteiger partial charge in [0.25, 0.3) is 11.7 Å². The number of likely N-dealkylation sites (tertiary alicyclic amines) is 1. The van der Waals surface area contributed by atoms with Crippen molar-refractivity contribution in [1.82, 2.24) is 15.0 Å². The van der Waals surface area contributed by atoms with Crippen molar-refractivity contribution in [3.8, 4) is 5.75 Å². The van der Waals surface area contributed by atoms with Crippen LogP contribution in [0.25, 0.3) is 0 Å². The summed E-state index contributed by atoms with van der Waals surface area (Å²) < 4.78 is 10.7. The molecule has 3 N–H and O–H groups in total. The van der Waals surface area contributed by atoms with Crippen LogP contribution in [0, 0.1) is 0 Å². The average molecular weight is 332 g/mol. The number of hydrogen-bond donors (Lipinski definition) is 2. The summed E-state index contributed by atoms with van der Waals surface area (Å²) >= 11 is 0. The number of β-amino-alcohol motifs (C(OH)–C–C–N with tert-alkyl or cyclic N) is 1. The van der Waals surface area contributed by atoms with E-state index in [-0.39, 0.29) is 18.5 Å². The van der Waals surface area contributed by atoms with Crippen molar-refractivity contribution in [2.75, 3.05) is 19.7 Å². The molecule has 1 aromatic heterocycles. The maximum atomic E-state index is 11.1. The van der Waals surface area contributed by atoms with E-state index in [1.165, 1.54) is 0 Å². The number of aliphatic hydroxyl groups is 1. The minimum atomic E-state index is -0.717. The molecule has 1 amide bonds. The van der Waals surface area contributed by atoms with Gasteiger partial charge >= 0.3 is 0 Å². The van der Waals surface area contributed by atoms with Gasteiger partial charge in [-0.1, -0.05) is 23.4 Å². The highest BCUT2D eigenvalue weighted by Gasteiger charge is 2.32. The number of aliphatic hydroxyl groups excluding tert-OH is 1. The molecule has 24 heavy (non-hydrogen) atoms. The average Bonchev–Trinajstić information content (AvgIpc) is 3.22. The first kappa shape index (κ1) is 16.4. The number of aromatic nitrogens is 2. The van der Waals surface area contributed by atoms with E-state index in [1.807, 2.05) is 30.3 Å². The molecule has 2 heterocycles. The molecule has 0 unspecified atom stereocenters. The molecule has 2 aromatic rings. The van der Waals surface area contributed by atoms with Crippen molar-refractivity contribution in [2.45, 2.75) is 25.0 Å². The Hall–Kier alpha value is -2.45. The van der Waals surface area contributed by atoms with Gasteiger partial charge in [-0.25, -0.2) is 0 Å². The number of rotatable bonds is 7. The van der Waals surface area contributed by atoms with E-state index < -0.39 is 12.0 Å². The highest BCUT2D eigenvalue weighted by Crippen LogP contribution is 2.30. The maximum Gasteiger partial charge on any atom is 0.290 e. The fourth-order valence-electron chi connectivity index (χ4n) is 2.83. The first-order valence-corrected chi connectivity index (χ1v) is 7.87. The number of para-hydroxylation sites is 1. The lowest BCUT2D eigenvalue weighted by molar-refractivity contribution is 0.0589. The second-order valence-electron chi connectivity index (χ2n) is 5.75. The SMILES string of the molecule is NC(=O)c1noc([C@H]2CCCN2C[C@H](O)COc2ccccc2)n1. The molecule has 2 atom stereocenters. The number of primary amides is 1. The van der Waals surface area contributed by atoms with Crippen molar-refractivity contribution in [3.63, 3.8) is 0 Å². The van der Waals surface area contributed by atoms with Crippen molar-refractivity contribution < 1.29 is 19.2 Å². The van der Waals surface area contributed by atoms with Crippen molar-refractivity contribution in [3.05, 3.63) is 42.0 Å². The lowest BCUT2D eigenvalue weighted by Crippen LogP contribution is -2.35. The van der Waals surface area contributed by atoms with Crippen LogP contribution in [0.3, 0.4) is 0 Å². The highest BCUT2D eigenvalue weighted by atomic mass is 16.5. The fourth-order valence-corrected chi connectivity index (χ4v) is 2.83. The Kier molecular flexibility index (Phi) is 5.07. The number of nitrogens with two attached hydrogens (primary N) is 1. The molecular formula is C16H20N4O4. The van der Waals surface area contributed by atoms with Gasteiger partial charge in [-0.15, -0.1) is 0 Å². The van der Waals surface area contributed by atoms with Gasteiger partial charge < -0.3 is 20.1 Å². The van der Waals surface area contributed by atoms with Crippen LogP contribution < -0.4 is 10.5 Å². The summed E-state index contributed by atoms with van der Waals surface area (Å²) in [5.41, 5.74) is 5.14. The van der Waals surface area contributed by atoms with Crippen molar-refractivity contribution in [1.29, 1.82) is 0 Å². The third kappa shape index (κ3) is 3.90. The Morgan fingerprint density at radius 3 is 2.96 bits per heavy atom. The Morgan fingerprint density at radius 1 is 1.46 bits per heavy atom. The minimum absolute atomic E-state index is 0.114. The smallest absolute Gasteiger partial charge is 0.290 e. The summed E-state index contributed by atoms with van der Waals surface area (Å²) in [5.74, 6) is 0.241. The molecule has 1 fully saturated rings. The van der Waals surface area contributed by atoms with Gasteiger partial charge in [0.1, 0.15) is 18.5 Å². The molecule has 8 nitrogen and oxygen atoms in total. The largest absolute Gasteiger partial charge is 0.491 e. The third-order valence-electron chi connectivity index (χ3n) is 3.94. The Morgan fingerprint density at radius 2 is 2.25 bits per heavy atom. The van der Waals surface area contributed by atoms with Gasteiger partial charge in [0.15, 0.2) is 0 Å². The second kappa shape index (κ2) is 7.41. The number of carbonyl (C=O) groups excluding carboxylic acids is 1. The molecule has 128 valence electrons. The zero-order valence-electron chi connectivity index (χ0n) is 13.2. The van der Waals surface area contributed by atoms with E-state index in [9.17, 15) is 9.90 Å². The summed E-state index contributed by atoms with van der Waals surface area (Å²) in [6.07, 6.45) is 1.13. The zero-order valence-corrected chi connectivity index (χ0v) is 13.2. The van der Waals surface area contributed by atoms with Crippen LogP contribution in [0.4, 0.5) is 0 Å². The van der Waals surface area contributed by atoms with E-state index >= 15 is 0 Å². The summed E-state index contributed by atoms with van der Waals surface area (Å²) in [7, 11) is 0. The predicted octanol–water partition coefficient (Wildman–Crippen LogP) is 0.745. The van der Waals surface area contributed by atoms with E-state index in [0.29, 0.717) is 12.4 Å². The molecule has 1 aliphatic heterocycles. The standard InChI is InChI=1S/C16H20N4O4/c17-14(22)15-18-16(24-19-15)13-7-4-8-20(13)9-11(21)10-23-12-5-2-1-3-6-12/h1-3,5-6,11,13,21H,4,7-10H2,(H2,17,22)/t11-,13+/m0/s1. The summed E-state index contributed by atoms with van der Waals surface area (Å²) in [4.78, 5) is 17.2. The lowest BCUT2D eigenvalue weighted by Gasteiger charge is -2.24. The number of nitrogens with zero attached hydrogens (tertiary/aromatic N) is 3. The monoisotopic (exact) mass is 332 g/mol. The Balaban J connectivity index is 1.56. The van der Waals surface area contributed by atoms with E-state index in [4.69, 9.17) is 15.0 Å². The predicted molar refractivity (Wildman–Crippen MR) is 84.3 cm³/mol. The Bertz CT molecular complexity index is 676. The maximum absolute atomic E-state index is 11.1. The van der Waals surface area contributed by atoms with Gasteiger partial charge in [0.2, 0.25) is 5.89 Å². The van der Waals surface area contributed by atoms with Crippen LogP contribution in [-0.4, -0.2) is 51.9 Å². The van der Waals surface area contributed by atoms with Crippen LogP contribution >= 0.6 is 0 Å². The van der Waals surface area contributed by atoms with Gasteiger partial charge in [0, 0.05) is 6.54 Å². The Labute approximate surface area is 139 Å². The molecule has 0 bridgehead atoms. The molecule has 8 heteroatoms. The third-order valence-corrected chi connectivity index (χ3v) is 3.94. The number of benzene rings is 1. The summed E-state index contributed by atoms with van der Waals surface area (Å²) in [5, 5.41) is 13.8. The summed E-state index contributed by atoms with van der Waals surface area (Å²) in [6, 6.07) is 9.23. The summed E-state index contributed by atoms with van der Waals surface area (Å²) in [6.45, 7) is 1.43. The molecule has 0 spiro atoms. The molecule has 1 saturated heterocycles. The lowest BCUT2D eigenvalue weighted by atomic mass is 10.2. The van der Waals surface area contributed by atoms with E-state index in [0.717, 1.165) is 25.1 Å².